The number of aliphatic hydroxyl groups is 1. The molecule has 1 rings (SSSR count). The van der Waals surface area contributed by atoms with Crippen molar-refractivity contribution in [3.05, 3.63) is 35.4 Å². The van der Waals surface area contributed by atoms with Crippen molar-refractivity contribution in [2.75, 3.05) is 19.7 Å². The van der Waals surface area contributed by atoms with E-state index in [0.717, 1.165) is 24.2 Å². The van der Waals surface area contributed by atoms with Crippen LogP contribution in [0.3, 0.4) is 0 Å². The lowest BCUT2D eigenvalue weighted by Crippen LogP contribution is -2.26. The molecule has 1 N–H and O–H groups in total. The molecule has 5 heteroatoms. The average molecular weight is 247 g/mol. The second-order valence-corrected chi connectivity index (χ2v) is 3.79. The maximum absolute atomic E-state index is 12.3. The monoisotopic (exact) mass is 247 g/mol. The summed E-state index contributed by atoms with van der Waals surface area (Å²) in [5.41, 5.74) is 0.180. The summed E-state index contributed by atoms with van der Waals surface area (Å²) in [4.78, 5) is 1.96. The van der Waals surface area contributed by atoms with Crippen LogP contribution in [-0.4, -0.2) is 29.7 Å². The van der Waals surface area contributed by atoms with E-state index in [1.165, 1.54) is 12.1 Å². The average Bonchev–Trinajstić information content (AvgIpc) is 2.28. The van der Waals surface area contributed by atoms with Crippen LogP contribution in [0.1, 0.15) is 18.1 Å². The molecule has 1 aromatic carbocycles. The second-order valence-electron chi connectivity index (χ2n) is 3.79. The first kappa shape index (κ1) is 14.0. The third-order valence-corrected chi connectivity index (χ3v) is 2.55. The Morgan fingerprint density at radius 3 is 2.18 bits per heavy atom. The zero-order chi connectivity index (χ0) is 12.9. The highest BCUT2D eigenvalue weighted by Gasteiger charge is 2.29. The molecule has 0 unspecified atom stereocenters. The van der Waals surface area contributed by atoms with Crippen LogP contribution in [0, 0.1) is 0 Å². The van der Waals surface area contributed by atoms with Gasteiger partial charge in [0.1, 0.15) is 0 Å². The Balaban J connectivity index is 2.68. The molecule has 0 aliphatic carbocycles. The molecular formula is C12H16F3NO. The molecular weight excluding hydrogens is 231 g/mol. The Morgan fingerprint density at radius 1 is 1.18 bits per heavy atom. The molecule has 0 aliphatic heterocycles. The molecule has 0 saturated carbocycles. The number of aliphatic hydroxyl groups excluding tert-OH is 1. The topological polar surface area (TPSA) is 23.5 Å². The molecule has 17 heavy (non-hydrogen) atoms. The van der Waals surface area contributed by atoms with Crippen molar-refractivity contribution in [2.24, 2.45) is 0 Å². The van der Waals surface area contributed by atoms with Gasteiger partial charge < -0.3 is 5.11 Å². The Labute approximate surface area is 98.7 Å². The maximum Gasteiger partial charge on any atom is 0.416 e. The Morgan fingerprint density at radius 2 is 1.76 bits per heavy atom. The number of hydrogen-bond acceptors (Lipinski definition) is 2. The van der Waals surface area contributed by atoms with Crippen LogP contribution >= 0.6 is 0 Å². The fraction of sp³-hybridized carbons (Fsp3) is 0.500. The molecule has 2 nitrogen and oxygen atoms in total. The Hall–Kier alpha value is -1.07. The van der Waals surface area contributed by atoms with Gasteiger partial charge in [-0.3, -0.25) is 4.90 Å². The van der Waals surface area contributed by atoms with Crippen molar-refractivity contribution < 1.29 is 18.3 Å². The molecule has 1 aromatic rings. The normalized spacial score (nSPS) is 12.1. The number of rotatable bonds is 5. The van der Waals surface area contributed by atoms with Gasteiger partial charge in [0.15, 0.2) is 0 Å². The minimum atomic E-state index is -4.28. The number of benzene rings is 1. The molecule has 0 heterocycles. The van der Waals surface area contributed by atoms with E-state index in [2.05, 4.69) is 0 Å². The highest BCUT2D eigenvalue weighted by Crippen LogP contribution is 2.29. The molecule has 0 spiro atoms. The fourth-order valence-electron chi connectivity index (χ4n) is 1.55. The van der Waals surface area contributed by atoms with E-state index in [1.807, 2.05) is 11.8 Å². The number of halogens is 3. The van der Waals surface area contributed by atoms with Crippen molar-refractivity contribution in [3.8, 4) is 0 Å². The zero-order valence-electron chi connectivity index (χ0n) is 9.67. The lowest BCUT2D eigenvalue weighted by molar-refractivity contribution is -0.137. The van der Waals surface area contributed by atoms with Crippen molar-refractivity contribution in [1.29, 1.82) is 0 Å². The first-order valence-corrected chi connectivity index (χ1v) is 5.46. The Bertz CT molecular complexity index is 335. The summed E-state index contributed by atoms with van der Waals surface area (Å²) in [6.07, 6.45) is -4.28. The summed E-state index contributed by atoms with van der Waals surface area (Å²) in [5.74, 6) is 0. The van der Waals surface area contributed by atoms with Crippen LogP contribution in [-0.2, 0) is 12.7 Å². The number of nitrogens with zero attached hydrogens (tertiary/aromatic N) is 1. The van der Waals surface area contributed by atoms with Gasteiger partial charge in [0, 0.05) is 13.1 Å². The van der Waals surface area contributed by atoms with E-state index in [4.69, 9.17) is 5.11 Å². The summed E-state index contributed by atoms with van der Waals surface area (Å²) in [6.45, 7) is 3.82. The van der Waals surface area contributed by atoms with Crippen LogP contribution in [0.25, 0.3) is 0 Å². The van der Waals surface area contributed by atoms with Crippen LogP contribution in [0.5, 0.6) is 0 Å². The quantitative estimate of drug-likeness (QED) is 0.864. The van der Waals surface area contributed by atoms with Crippen LogP contribution in [0.15, 0.2) is 24.3 Å². The molecule has 0 fully saturated rings. The number of likely N-dealkylation sites (N-methyl/N-ethyl adjacent to an activating group) is 1. The van der Waals surface area contributed by atoms with E-state index < -0.39 is 11.7 Å². The molecule has 96 valence electrons. The van der Waals surface area contributed by atoms with Gasteiger partial charge in [0.05, 0.1) is 12.2 Å². The third kappa shape index (κ3) is 4.36. The van der Waals surface area contributed by atoms with Crippen LogP contribution in [0.4, 0.5) is 13.2 Å². The summed E-state index contributed by atoms with van der Waals surface area (Å²) >= 11 is 0. The minimum Gasteiger partial charge on any atom is -0.395 e. The van der Waals surface area contributed by atoms with Crippen LogP contribution in [0.2, 0.25) is 0 Å². The summed E-state index contributed by atoms with van der Waals surface area (Å²) < 4.78 is 37.0. The van der Waals surface area contributed by atoms with E-state index in [0.29, 0.717) is 13.1 Å². The smallest absolute Gasteiger partial charge is 0.395 e. The predicted octanol–water partition coefficient (Wildman–Crippen LogP) is 2.52. The van der Waals surface area contributed by atoms with Crippen molar-refractivity contribution >= 4 is 0 Å². The van der Waals surface area contributed by atoms with Gasteiger partial charge in [-0.15, -0.1) is 0 Å². The lowest BCUT2D eigenvalue weighted by atomic mass is 10.1. The molecule has 0 bridgehead atoms. The molecule has 0 radical (unpaired) electrons. The van der Waals surface area contributed by atoms with E-state index in [1.54, 1.807) is 0 Å². The fourth-order valence-corrected chi connectivity index (χ4v) is 1.55. The van der Waals surface area contributed by atoms with Crippen LogP contribution < -0.4 is 0 Å². The lowest BCUT2D eigenvalue weighted by Gasteiger charge is -2.19. The largest absolute Gasteiger partial charge is 0.416 e. The molecule has 0 amide bonds. The minimum absolute atomic E-state index is 0.0501. The second kappa shape index (κ2) is 6.02. The van der Waals surface area contributed by atoms with Gasteiger partial charge in [-0.05, 0) is 24.2 Å². The maximum atomic E-state index is 12.3. The molecule has 0 aromatic heterocycles. The number of hydrogen-bond donors (Lipinski definition) is 1. The highest BCUT2D eigenvalue weighted by atomic mass is 19.4. The summed E-state index contributed by atoms with van der Waals surface area (Å²) in [7, 11) is 0. The zero-order valence-corrected chi connectivity index (χ0v) is 9.67. The molecule has 0 aliphatic rings. The summed E-state index contributed by atoms with van der Waals surface area (Å²) in [5, 5.41) is 8.81. The first-order chi connectivity index (χ1) is 7.97. The number of alkyl halides is 3. The van der Waals surface area contributed by atoms with Crippen molar-refractivity contribution in [1.82, 2.24) is 4.90 Å². The third-order valence-electron chi connectivity index (χ3n) is 2.55. The Kier molecular flexibility index (Phi) is 4.96. The van der Waals surface area contributed by atoms with E-state index >= 15 is 0 Å². The van der Waals surface area contributed by atoms with Crippen molar-refractivity contribution in [2.45, 2.75) is 19.6 Å². The first-order valence-electron chi connectivity index (χ1n) is 5.46. The van der Waals surface area contributed by atoms with Crippen molar-refractivity contribution in [3.63, 3.8) is 0 Å². The summed E-state index contributed by atoms with van der Waals surface area (Å²) in [6, 6.07) is 5.12. The van der Waals surface area contributed by atoms with E-state index in [-0.39, 0.29) is 6.61 Å². The van der Waals surface area contributed by atoms with Gasteiger partial charge in [0.2, 0.25) is 0 Å². The standard InChI is InChI=1S/C12H16F3NO/c1-2-16(7-8-17)9-10-3-5-11(6-4-10)12(13,14)15/h3-6,17H,2,7-9H2,1H3. The highest BCUT2D eigenvalue weighted by molar-refractivity contribution is 5.24. The molecule has 0 saturated heterocycles. The predicted molar refractivity (Wildman–Crippen MR) is 59.5 cm³/mol. The van der Waals surface area contributed by atoms with Gasteiger partial charge >= 0.3 is 6.18 Å². The van der Waals surface area contributed by atoms with Gasteiger partial charge in [-0.25, -0.2) is 0 Å². The van der Waals surface area contributed by atoms with Gasteiger partial charge in [0.25, 0.3) is 0 Å². The van der Waals surface area contributed by atoms with E-state index in [9.17, 15) is 13.2 Å². The van der Waals surface area contributed by atoms with Gasteiger partial charge in [-0.1, -0.05) is 19.1 Å². The van der Waals surface area contributed by atoms with Gasteiger partial charge in [-0.2, -0.15) is 13.2 Å². The SMILES string of the molecule is CCN(CCO)Cc1ccc(C(F)(F)F)cc1. The molecule has 0 atom stereocenters.